The number of ether oxygens (including phenoxy) is 1. The second-order valence-electron chi connectivity index (χ2n) is 5.51. The fourth-order valence-corrected chi connectivity index (χ4v) is 2.67. The Balaban J connectivity index is 2.20. The molecule has 5 heteroatoms. The molecule has 3 rings (SSSR count). The Bertz CT molecular complexity index is 732. The van der Waals surface area contributed by atoms with E-state index in [4.69, 9.17) is 4.74 Å². The van der Waals surface area contributed by atoms with Crippen LogP contribution < -0.4 is 10.2 Å². The van der Waals surface area contributed by atoms with Crippen LogP contribution in [0.5, 0.6) is 5.88 Å². The predicted octanol–water partition coefficient (Wildman–Crippen LogP) is 0.585. The SMILES string of the molecule is Cn1c2c(c(=O)c3ccccc31)C[C@@H]([C@@](C)(O)CO)O2. The summed E-state index contributed by atoms with van der Waals surface area (Å²) in [5, 5.41) is 20.0. The average molecular weight is 275 g/mol. The average Bonchev–Trinajstić information content (AvgIpc) is 2.91. The van der Waals surface area contributed by atoms with Crippen molar-refractivity contribution >= 4 is 10.9 Å². The third kappa shape index (κ3) is 1.74. The lowest BCUT2D eigenvalue weighted by atomic mass is 9.96. The van der Waals surface area contributed by atoms with Gasteiger partial charge in [-0.1, -0.05) is 12.1 Å². The lowest BCUT2D eigenvalue weighted by molar-refractivity contribution is -0.0744. The van der Waals surface area contributed by atoms with Crippen LogP contribution in [0.25, 0.3) is 10.9 Å². The number of hydrogen-bond donors (Lipinski definition) is 2. The maximum Gasteiger partial charge on any atom is 0.201 e. The van der Waals surface area contributed by atoms with E-state index in [1.54, 1.807) is 6.07 Å². The van der Waals surface area contributed by atoms with Crippen LogP contribution in [-0.4, -0.2) is 33.1 Å². The molecule has 0 unspecified atom stereocenters. The van der Waals surface area contributed by atoms with Gasteiger partial charge in [-0.3, -0.25) is 4.79 Å². The summed E-state index contributed by atoms with van der Waals surface area (Å²) >= 11 is 0. The zero-order chi connectivity index (χ0) is 14.5. The summed E-state index contributed by atoms with van der Waals surface area (Å²) in [6.45, 7) is 1.09. The van der Waals surface area contributed by atoms with Gasteiger partial charge in [-0.15, -0.1) is 0 Å². The molecule has 2 N–H and O–H groups in total. The zero-order valence-corrected chi connectivity index (χ0v) is 11.5. The summed E-state index contributed by atoms with van der Waals surface area (Å²) < 4.78 is 7.55. The number of rotatable bonds is 2. The highest BCUT2D eigenvalue weighted by molar-refractivity contribution is 5.81. The summed E-state index contributed by atoms with van der Waals surface area (Å²) in [5.74, 6) is 0.479. The van der Waals surface area contributed by atoms with E-state index in [-0.39, 0.29) is 5.43 Å². The number of aliphatic hydroxyl groups excluding tert-OH is 1. The lowest BCUT2D eigenvalue weighted by Gasteiger charge is -2.27. The quantitative estimate of drug-likeness (QED) is 0.841. The zero-order valence-electron chi connectivity index (χ0n) is 11.5. The largest absolute Gasteiger partial charge is 0.472 e. The van der Waals surface area contributed by atoms with Gasteiger partial charge < -0.3 is 19.5 Å². The topological polar surface area (TPSA) is 71.7 Å². The third-order valence-corrected chi connectivity index (χ3v) is 4.00. The highest BCUT2D eigenvalue weighted by Crippen LogP contribution is 2.32. The normalized spacial score (nSPS) is 20.5. The molecule has 0 fully saturated rings. The molecule has 0 saturated carbocycles. The maximum absolute atomic E-state index is 12.5. The molecule has 5 nitrogen and oxygen atoms in total. The molecule has 20 heavy (non-hydrogen) atoms. The molecule has 1 aromatic carbocycles. The van der Waals surface area contributed by atoms with Crippen LogP contribution in [0.15, 0.2) is 29.1 Å². The summed E-state index contributed by atoms with van der Waals surface area (Å²) in [7, 11) is 1.83. The summed E-state index contributed by atoms with van der Waals surface area (Å²) in [6, 6.07) is 7.34. The predicted molar refractivity (Wildman–Crippen MR) is 75.0 cm³/mol. The van der Waals surface area contributed by atoms with Crippen LogP contribution in [0, 0.1) is 0 Å². The number of pyridine rings is 1. The molecule has 1 aliphatic rings. The molecule has 0 spiro atoms. The van der Waals surface area contributed by atoms with Gasteiger partial charge in [0.25, 0.3) is 0 Å². The van der Waals surface area contributed by atoms with Crippen LogP contribution in [0.1, 0.15) is 12.5 Å². The number of benzene rings is 1. The number of para-hydroxylation sites is 1. The minimum atomic E-state index is -1.37. The Kier molecular flexibility index (Phi) is 2.84. The van der Waals surface area contributed by atoms with E-state index in [1.807, 2.05) is 29.8 Å². The fourth-order valence-electron chi connectivity index (χ4n) is 2.67. The molecule has 106 valence electrons. The van der Waals surface area contributed by atoms with E-state index in [1.165, 1.54) is 6.92 Å². The molecule has 2 aromatic rings. The van der Waals surface area contributed by atoms with Crippen molar-refractivity contribution < 1.29 is 14.9 Å². The van der Waals surface area contributed by atoms with Gasteiger partial charge in [0.1, 0.15) is 11.7 Å². The third-order valence-electron chi connectivity index (χ3n) is 4.00. The smallest absolute Gasteiger partial charge is 0.201 e. The van der Waals surface area contributed by atoms with Crippen LogP contribution in [0.4, 0.5) is 0 Å². The standard InChI is InChI=1S/C15H17NO4/c1-15(19,8-17)12-7-10-13(18)9-5-3-4-6-11(9)16(2)14(10)20-12/h3-6,12,17,19H,7-8H2,1-2H3/t12-,15-/m0/s1. The van der Waals surface area contributed by atoms with Crippen molar-refractivity contribution in [3.63, 3.8) is 0 Å². The van der Waals surface area contributed by atoms with E-state index < -0.39 is 18.3 Å². The van der Waals surface area contributed by atoms with Crippen molar-refractivity contribution in [2.45, 2.75) is 25.0 Å². The molecular weight excluding hydrogens is 258 g/mol. The highest BCUT2D eigenvalue weighted by Gasteiger charge is 2.40. The van der Waals surface area contributed by atoms with Crippen molar-refractivity contribution in [3.05, 3.63) is 40.1 Å². The molecule has 1 aliphatic heterocycles. The van der Waals surface area contributed by atoms with E-state index in [9.17, 15) is 15.0 Å². The number of aliphatic hydroxyl groups is 2. The number of aromatic nitrogens is 1. The van der Waals surface area contributed by atoms with Gasteiger partial charge in [0, 0.05) is 18.9 Å². The Labute approximate surface area is 116 Å². The van der Waals surface area contributed by atoms with Crippen LogP contribution in [0.3, 0.4) is 0 Å². The van der Waals surface area contributed by atoms with Crippen LogP contribution in [0.2, 0.25) is 0 Å². The van der Waals surface area contributed by atoms with Crippen molar-refractivity contribution in [2.24, 2.45) is 7.05 Å². The highest BCUT2D eigenvalue weighted by atomic mass is 16.5. The van der Waals surface area contributed by atoms with Crippen LogP contribution >= 0.6 is 0 Å². The van der Waals surface area contributed by atoms with Gasteiger partial charge in [0.05, 0.1) is 17.7 Å². The Morgan fingerprint density at radius 3 is 2.85 bits per heavy atom. The van der Waals surface area contributed by atoms with E-state index in [0.29, 0.717) is 23.3 Å². The molecule has 0 bridgehead atoms. The van der Waals surface area contributed by atoms with Crippen molar-refractivity contribution in [3.8, 4) is 5.88 Å². The molecule has 0 aliphatic carbocycles. The van der Waals surface area contributed by atoms with Crippen molar-refractivity contribution in [1.29, 1.82) is 0 Å². The summed E-state index contributed by atoms with van der Waals surface area (Å²) in [5.41, 5.74) is -0.0830. The monoisotopic (exact) mass is 275 g/mol. The Hall–Kier alpha value is -1.85. The second kappa shape index (κ2) is 4.33. The fraction of sp³-hybridized carbons (Fsp3) is 0.400. The van der Waals surface area contributed by atoms with Gasteiger partial charge in [0.15, 0.2) is 5.43 Å². The first-order valence-corrected chi connectivity index (χ1v) is 6.56. The maximum atomic E-state index is 12.5. The van der Waals surface area contributed by atoms with Gasteiger partial charge >= 0.3 is 0 Å². The number of nitrogens with zero attached hydrogens (tertiary/aromatic N) is 1. The summed E-state index contributed by atoms with van der Waals surface area (Å²) in [4.78, 5) is 12.5. The van der Waals surface area contributed by atoms with E-state index >= 15 is 0 Å². The summed E-state index contributed by atoms with van der Waals surface area (Å²) in [6.07, 6.45) is -0.307. The van der Waals surface area contributed by atoms with Gasteiger partial charge in [-0.05, 0) is 19.1 Å². The first-order chi connectivity index (χ1) is 9.45. The first-order valence-electron chi connectivity index (χ1n) is 6.56. The van der Waals surface area contributed by atoms with Crippen molar-refractivity contribution in [2.75, 3.05) is 6.61 Å². The van der Waals surface area contributed by atoms with Gasteiger partial charge in [0.2, 0.25) is 5.88 Å². The molecule has 2 heterocycles. The first kappa shape index (κ1) is 13.1. The Morgan fingerprint density at radius 2 is 2.15 bits per heavy atom. The number of aryl methyl sites for hydroxylation is 1. The lowest BCUT2D eigenvalue weighted by Crippen LogP contribution is -2.45. The Morgan fingerprint density at radius 1 is 1.45 bits per heavy atom. The molecule has 2 atom stereocenters. The molecular formula is C15H17NO4. The van der Waals surface area contributed by atoms with E-state index in [0.717, 1.165) is 5.52 Å². The van der Waals surface area contributed by atoms with Gasteiger partial charge in [-0.25, -0.2) is 0 Å². The molecule has 0 saturated heterocycles. The molecule has 0 amide bonds. The minimum absolute atomic E-state index is 0.0649. The minimum Gasteiger partial charge on any atom is -0.472 e. The number of fused-ring (bicyclic) bond motifs is 2. The van der Waals surface area contributed by atoms with Gasteiger partial charge in [-0.2, -0.15) is 0 Å². The van der Waals surface area contributed by atoms with Crippen LogP contribution in [-0.2, 0) is 13.5 Å². The second-order valence-corrected chi connectivity index (χ2v) is 5.51. The molecule has 1 aromatic heterocycles. The number of hydrogen-bond acceptors (Lipinski definition) is 4. The molecule has 0 radical (unpaired) electrons. The van der Waals surface area contributed by atoms with E-state index in [2.05, 4.69) is 0 Å². The van der Waals surface area contributed by atoms with Crippen molar-refractivity contribution in [1.82, 2.24) is 4.57 Å².